The van der Waals surface area contributed by atoms with Crippen LogP contribution in [-0.2, 0) is 4.79 Å². The highest BCUT2D eigenvalue weighted by Gasteiger charge is 1.91. The average Bonchev–Trinajstić information content (AvgIpc) is 2.46. The van der Waals surface area contributed by atoms with E-state index in [1.54, 1.807) is 6.08 Å². The summed E-state index contributed by atoms with van der Waals surface area (Å²) in [6.07, 6.45) is 24.1. The van der Waals surface area contributed by atoms with Gasteiger partial charge in [0.05, 0.1) is 0 Å². The third-order valence-corrected chi connectivity index (χ3v) is 3.64. The Morgan fingerprint density at radius 2 is 1.14 bits per heavy atom. The molecule has 0 fully saturated rings. The third-order valence-electron chi connectivity index (χ3n) is 3.64. The molecule has 0 aromatic heterocycles. The van der Waals surface area contributed by atoms with Crippen LogP contribution < -0.4 is 0 Å². The lowest BCUT2D eigenvalue weighted by molar-refractivity contribution is -0.131. The van der Waals surface area contributed by atoms with Crippen LogP contribution in [0, 0.1) is 0 Å². The molecule has 0 spiro atoms. The molecule has 0 heterocycles. The molecule has 0 atom stereocenters. The summed E-state index contributed by atoms with van der Waals surface area (Å²) in [5, 5.41) is 8.44. The van der Waals surface area contributed by atoms with Gasteiger partial charge in [-0.05, 0) is 38.5 Å². The zero-order valence-electron chi connectivity index (χ0n) is 13.9. The number of aliphatic carboxylic acids is 1. The Kier molecular flexibility index (Phi) is 16.2. The van der Waals surface area contributed by atoms with Gasteiger partial charge in [-0.25, -0.2) is 4.79 Å². The Bertz CT molecular complexity index is 279. The molecular weight excluding hydrogens is 260 g/mol. The highest BCUT2D eigenvalue weighted by Crippen LogP contribution is 2.10. The molecule has 21 heavy (non-hydrogen) atoms. The third kappa shape index (κ3) is 18.9. The lowest BCUT2D eigenvalue weighted by Crippen LogP contribution is -1.85. The lowest BCUT2D eigenvalue weighted by Gasteiger charge is -2.00. The molecule has 0 bridgehead atoms. The summed E-state index contributed by atoms with van der Waals surface area (Å²) >= 11 is 0. The SMILES string of the molecule is CCCCCC=CCCCCCCCCCC=CC(=O)O. The first-order chi connectivity index (χ1) is 10.3. The average molecular weight is 294 g/mol. The number of carboxylic acids is 1. The van der Waals surface area contributed by atoms with E-state index in [4.69, 9.17) is 5.11 Å². The van der Waals surface area contributed by atoms with Crippen LogP contribution in [0.1, 0.15) is 90.4 Å². The lowest BCUT2D eigenvalue weighted by atomic mass is 10.1. The monoisotopic (exact) mass is 294 g/mol. The van der Waals surface area contributed by atoms with Crippen molar-refractivity contribution in [3.8, 4) is 0 Å². The quantitative estimate of drug-likeness (QED) is 0.219. The summed E-state index contributed by atoms with van der Waals surface area (Å²) in [6.45, 7) is 2.25. The Labute approximate surface area is 131 Å². The molecule has 2 nitrogen and oxygen atoms in total. The van der Waals surface area contributed by atoms with E-state index in [2.05, 4.69) is 19.1 Å². The molecule has 1 N–H and O–H groups in total. The van der Waals surface area contributed by atoms with Crippen LogP contribution in [0.2, 0.25) is 0 Å². The highest BCUT2D eigenvalue weighted by molar-refractivity contribution is 5.79. The molecule has 0 rings (SSSR count). The summed E-state index contributed by atoms with van der Waals surface area (Å²) in [5.74, 6) is -0.839. The maximum atomic E-state index is 10.3. The molecule has 0 aromatic rings. The molecule has 0 aliphatic heterocycles. The maximum absolute atomic E-state index is 10.3. The van der Waals surface area contributed by atoms with E-state index in [1.807, 2.05) is 0 Å². The van der Waals surface area contributed by atoms with Crippen LogP contribution in [0.4, 0.5) is 0 Å². The van der Waals surface area contributed by atoms with Gasteiger partial charge >= 0.3 is 5.97 Å². The molecular formula is C19H34O2. The number of carbonyl (C=O) groups is 1. The van der Waals surface area contributed by atoms with Gasteiger partial charge in [0.25, 0.3) is 0 Å². The summed E-state index contributed by atoms with van der Waals surface area (Å²) in [6, 6.07) is 0. The second-order valence-electron chi connectivity index (χ2n) is 5.76. The van der Waals surface area contributed by atoms with Gasteiger partial charge in [0.15, 0.2) is 0 Å². The van der Waals surface area contributed by atoms with Gasteiger partial charge in [-0.1, -0.05) is 70.1 Å². The number of rotatable bonds is 15. The first kappa shape index (κ1) is 19.9. The molecule has 0 saturated carbocycles. The van der Waals surface area contributed by atoms with E-state index in [1.165, 1.54) is 76.7 Å². The van der Waals surface area contributed by atoms with E-state index < -0.39 is 5.97 Å². The number of hydrogen-bond acceptors (Lipinski definition) is 1. The summed E-state index contributed by atoms with van der Waals surface area (Å²) in [4.78, 5) is 10.3. The molecule has 0 radical (unpaired) electrons. The van der Waals surface area contributed by atoms with Crippen LogP contribution >= 0.6 is 0 Å². The van der Waals surface area contributed by atoms with Gasteiger partial charge in [0.2, 0.25) is 0 Å². The van der Waals surface area contributed by atoms with Crippen molar-refractivity contribution < 1.29 is 9.90 Å². The Morgan fingerprint density at radius 1 is 0.714 bits per heavy atom. The van der Waals surface area contributed by atoms with Crippen molar-refractivity contribution >= 4 is 5.97 Å². The van der Waals surface area contributed by atoms with Crippen LogP contribution in [0.15, 0.2) is 24.3 Å². The van der Waals surface area contributed by atoms with Crippen LogP contribution in [0.3, 0.4) is 0 Å². The van der Waals surface area contributed by atoms with Crippen molar-refractivity contribution in [1.82, 2.24) is 0 Å². The van der Waals surface area contributed by atoms with Gasteiger partial charge in [-0.3, -0.25) is 0 Å². The van der Waals surface area contributed by atoms with Gasteiger partial charge < -0.3 is 5.11 Å². The van der Waals surface area contributed by atoms with Gasteiger partial charge in [-0.2, -0.15) is 0 Å². The zero-order chi connectivity index (χ0) is 15.6. The molecule has 2 heteroatoms. The van der Waals surface area contributed by atoms with E-state index in [-0.39, 0.29) is 0 Å². The van der Waals surface area contributed by atoms with Crippen molar-refractivity contribution in [1.29, 1.82) is 0 Å². The van der Waals surface area contributed by atoms with Gasteiger partial charge in [0.1, 0.15) is 0 Å². The predicted molar refractivity (Wildman–Crippen MR) is 91.6 cm³/mol. The van der Waals surface area contributed by atoms with Crippen molar-refractivity contribution in [2.24, 2.45) is 0 Å². The molecule has 122 valence electrons. The zero-order valence-corrected chi connectivity index (χ0v) is 13.9. The molecule has 0 aromatic carbocycles. The van der Waals surface area contributed by atoms with Crippen LogP contribution in [0.5, 0.6) is 0 Å². The minimum absolute atomic E-state index is 0.839. The Morgan fingerprint density at radius 3 is 1.62 bits per heavy atom. The van der Waals surface area contributed by atoms with Crippen LogP contribution in [0.25, 0.3) is 0 Å². The topological polar surface area (TPSA) is 37.3 Å². The van der Waals surface area contributed by atoms with E-state index in [0.29, 0.717) is 0 Å². The number of allylic oxidation sites excluding steroid dienone is 3. The number of carboxylic acid groups (broad SMARTS) is 1. The fraction of sp³-hybridized carbons (Fsp3) is 0.737. The molecule has 0 unspecified atom stereocenters. The molecule has 0 aliphatic rings. The minimum Gasteiger partial charge on any atom is -0.478 e. The molecule has 0 amide bonds. The fourth-order valence-corrected chi connectivity index (χ4v) is 2.34. The second-order valence-corrected chi connectivity index (χ2v) is 5.76. The largest absolute Gasteiger partial charge is 0.478 e. The van der Waals surface area contributed by atoms with Crippen molar-refractivity contribution in [2.45, 2.75) is 90.4 Å². The van der Waals surface area contributed by atoms with Crippen molar-refractivity contribution in [3.63, 3.8) is 0 Å². The Hall–Kier alpha value is -1.05. The number of hydrogen-bond donors (Lipinski definition) is 1. The molecule has 0 saturated heterocycles. The van der Waals surface area contributed by atoms with Crippen molar-refractivity contribution in [3.05, 3.63) is 24.3 Å². The summed E-state index contributed by atoms with van der Waals surface area (Å²) in [5.41, 5.74) is 0. The van der Waals surface area contributed by atoms with Crippen LogP contribution in [-0.4, -0.2) is 11.1 Å². The number of unbranched alkanes of at least 4 members (excludes halogenated alkanes) is 11. The van der Waals surface area contributed by atoms with Gasteiger partial charge in [-0.15, -0.1) is 0 Å². The summed E-state index contributed by atoms with van der Waals surface area (Å²) < 4.78 is 0. The predicted octanol–water partition coefficient (Wildman–Crippen LogP) is 6.27. The Balaban J connectivity index is 3.10. The minimum atomic E-state index is -0.839. The molecule has 0 aliphatic carbocycles. The maximum Gasteiger partial charge on any atom is 0.327 e. The highest BCUT2D eigenvalue weighted by atomic mass is 16.4. The fourth-order valence-electron chi connectivity index (χ4n) is 2.34. The normalized spacial score (nSPS) is 11.7. The van der Waals surface area contributed by atoms with E-state index >= 15 is 0 Å². The second kappa shape index (κ2) is 17.0. The van der Waals surface area contributed by atoms with Crippen molar-refractivity contribution in [2.75, 3.05) is 0 Å². The first-order valence-electron chi connectivity index (χ1n) is 8.81. The summed E-state index contributed by atoms with van der Waals surface area (Å²) in [7, 11) is 0. The first-order valence-corrected chi connectivity index (χ1v) is 8.81. The van der Waals surface area contributed by atoms with E-state index in [0.717, 1.165) is 12.8 Å². The van der Waals surface area contributed by atoms with Gasteiger partial charge in [0, 0.05) is 6.08 Å². The standard InChI is InChI=1S/C19H34O2/c1-2-3-4-5-6-7-8-9-10-11-12-13-14-15-16-17-18-19(20)21/h6-7,17-18H,2-5,8-16H2,1H3,(H,20,21). The van der Waals surface area contributed by atoms with E-state index in [9.17, 15) is 4.79 Å². The smallest absolute Gasteiger partial charge is 0.327 e.